The molecule has 0 aromatic carbocycles. The van der Waals surface area contributed by atoms with Crippen molar-refractivity contribution in [2.75, 3.05) is 24.3 Å². The third kappa shape index (κ3) is 3.20. The van der Waals surface area contributed by atoms with Gasteiger partial charge < -0.3 is 10.1 Å². The van der Waals surface area contributed by atoms with E-state index in [-0.39, 0.29) is 17.6 Å². The summed E-state index contributed by atoms with van der Waals surface area (Å²) in [6.45, 7) is 0.944. The number of aromatic nitrogens is 4. The number of aryl methyl sites for hydroxylation is 1. The van der Waals surface area contributed by atoms with Gasteiger partial charge in [-0.1, -0.05) is 0 Å². The largest absolute Gasteiger partial charge is 0.377 e. The van der Waals surface area contributed by atoms with Gasteiger partial charge in [-0.25, -0.2) is 14.6 Å². The smallest absolute Gasteiger partial charge is 0.267 e. The lowest BCUT2D eigenvalue weighted by Gasteiger charge is -2.22. The third-order valence-electron chi connectivity index (χ3n) is 4.16. The molecule has 1 N–H and O–H groups in total. The van der Waals surface area contributed by atoms with Crippen LogP contribution in [0.15, 0.2) is 27.7 Å². The van der Waals surface area contributed by atoms with Crippen molar-refractivity contribution in [3.05, 3.63) is 44.5 Å². The number of nitrogens with zero attached hydrogens (tertiary/aromatic N) is 4. The average molecular weight is 410 g/mol. The molecule has 0 radical (unpaired) electrons. The molecule has 2 aliphatic heterocycles. The maximum Gasteiger partial charge on any atom is 0.267 e. The van der Waals surface area contributed by atoms with Crippen LogP contribution in [0.1, 0.15) is 17.3 Å². The predicted octanol–water partition coefficient (Wildman–Crippen LogP) is 1.64. The Morgan fingerprint density at radius 1 is 1.33 bits per heavy atom. The maximum atomic E-state index is 12.5. The van der Waals surface area contributed by atoms with Gasteiger partial charge in [0.2, 0.25) is 5.95 Å². The topological polar surface area (TPSA) is 81.9 Å². The monoisotopic (exact) mass is 409 g/mol. The van der Waals surface area contributed by atoms with Crippen molar-refractivity contribution in [2.24, 2.45) is 0 Å². The van der Waals surface area contributed by atoms with E-state index in [2.05, 4.69) is 36.3 Å². The van der Waals surface area contributed by atoms with Crippen LogP contribution in [0.25, 0.3) is 0 Å². The Labute approximate surface area is 151 Å². The van der Waals surface area contributed by atoms with E-state index >= 15 is 0 Å². The molecule has 2 aromatic heterocycles. The first-order valence-corrected chi connectivity index (χ1v) is 9.66. The molecule has 2 aromatic rings. The van der Waals surface area contributed by atoms with Gasteiger partial charge >= 0.3 is 0 Å². The molecule has 0 aliphatic carbocycles. The summed E-state index contributed by atoms with van der Waals surface area (Å²) in [6, 6.07) is 1.47. The van der Waals surface area contributed by atoms with Crippen molar-refractivity contribution in [2.45, 2.75) is 24.3 Å². The van der Waals surface area contributed by atoms with Crippen LogP contribution in [-0.4, -0.2) is 44.8 Å². The summed E-state index contributed by atoms with van der Waals surface area (Å²) >= 11 is 5.16. The molecule has 2 aliphatic rings. The van der Waals surface area contributed by atoms with Crippen LogP contribution in [0.3, 0.4) is 0 Å². The van der Waals surface area contributed by atoms with Crippen molar-refractivity contribution < 1.29 is 4.74 Å². The SMILES string of the molecule is O=c1cc2c(nn1C1COCC1Nc1ncc(Br)cn1)CCSC2. The lowest BCUT2D eigenvalue weighted by Crippen LogP contribution is -2.38. The first-order valence-electron chi connectivity index (χ1n) is 7.72. The molecule has 24 heavy (non-hydrogen) atoms. The Hall–Kier alpha value is -1.45. The second-order valence-electron chi connectivity index (χ2n) is 5.78. The third-order valence-corrected chi connectivity index (χ3v) is 5.58. The summed E-state index contributed by atoms with van der Waals surface area (Å²) in [5.41, 5.74) is 2.02. The highest BCUT2D eigenvalue weighted by Crippen LogP contribution is 2.24. The highest BCUT2D eigenvalue weighted by molar-refractivity contribution is 9.10. The zero-order chi connectivity index (χ0) is 16.5. The number of anilines is 1. The van der Waals surface area contributed by atoms with E-state index in [1.165, 1.54) is 0 Å². The number of nitrogens with one attached hydrogen (secondary N) is 1. The molecule has 0 spiro atoms. The summed E-state index contributed by atoms with van der Waals surface area (Å²) in [7, 11) is 0. The molecular weight excluding hydrogens is 394 g/mol. The predicted molar refractivity (Wildman–Crippen MR) is 95.4 cm³/mol. The summed E-state index contributed by atoms with van der Waals surface area (Å²) in [5, 5.41) is 7.88. The van der Waals surface area contributed by atoms with E-state index < -0.39 is 0 Å². The summed E-state index contributed by atoms with van der Waals surface area (Å²) < 4.78 is 7.97. The van der Waals surface area contributed by atoms with Crippen molar-refractivity contribution >= 4 is 33.6 Å². The normalized spacial score (nSPS) is 23.0. The minimum absolute atomic E-state index is 0.0738. The van der Waals surface area contributed by atoms with Crippen molar-refractivity contribution in [3.63, 3.8) is 0 Å². The highest BCUT2D eigenvalue weighted by Gasteiger charge is 2.32. The van der Waals surface area contributed by atoms with E-state index in [1.807, 2.05) is 11.8 Å². The molecule has 0 bridgehead atoms. The fourth-order valence-electron chi connectivity index (χ4n) is 2.94. The summed E-state index contributed by atoms with van der Waals surface area (Å²) in [6.07, 6.45) is 4.27. The van der Waals surface area contributed by atoms with Gasteiger partial charge in [0.1, 0.15) is 6.04 Å². The molecular formula is C15H16BrN5O2S. The van der Waals surface area contributed by atoms with Gasteiger partial charge in [0, 0.05) is 30.6 Å². The van der Waals surface area contributed by atoms with Crippen LogP contribution >= 0.6 is 27.7 Å². The van der Waals surface area contributed by atoms with E-state index in [4.69, 9.17) is 4.74 Å². The quantitative estimate of drug-likeness (QED) is 0.824. The number of rotatable bonds is 3. The second kappa shape index (κ2) is 6.81. The van der Waals surface area contributed by atoms with Gasteiger partial charge in [-0.2, -0.15) is 16.9 Å². The number of fused-ring (bicyclic) bond motifs is 1. The number of hydrogen-bond donors (Lipinski definition) is 1. The molecule has 126 valence electrons. The second-order valence-corrected chi connectivity index (χ2v) is 7.80. The molecule has 2 atom stereocenters. The Morgan fingerprint density at radius 3 is 3.00 bits per heavy atom. The first-order chi connectivity index (χ1) is 11.7. The lowest BCUT2D eigenvalue weighted by molar-refractivity contribution is 0.182. The van der Waals surface area contributed by atoms with Gasteiger partial charge in [-0.05, 0) is 27.2 Å². The molecule has 1 fully saturated rings. The van der Waals surface area contributed by atoms with Crippen LogP contribution in [0.2, 0.25) is 0 Å². The van der Waals surface area contributed by atoms with Gasteiger partial charge in [0.15, 0.2) is 0 Å². The molecule has 0 amide bonds. The standard InChI is InChI=1S/C15H16BrN5O2S/c16-10-4-17-15(18-5-10)19-12-6-23-7-13(12)21-14(22)3-9-8-24-2-1-11(9)20-21/h3-5,12-13H,1-2,6-8H2,(H,17,18,19). The van der Waals surface area contributed by atoms with Crippen LogP contribution in [0.5, 0.6) is 0 Å². The average Bonchev–Trinajstić information content (AvgIpc) is 3.04. The van der Waals surface area contributed by atoms with E-state index in [0.717, 1.165) is 33.7 Å². The summed E-state index contributed by atoms with van der Waals surface area (Å²) in [5.74, 6) is 2.43. The molecule has 0 saturated carbocycles. The fourth-order valence-corrected chi connectivity index (χ4v) is 4.10. The van der Waals surface area contributed by atoms with Gasteiger partial charge in [0.05, 0.1) is 29.4 Å². The van der Waals surface area contributed by atoms with E-state index in [1.54, 1.807) is 23.1 Å². The van der Waals surface area contributed by atoms with Gasteiger partial charge in [-0.3, -0.25) is 4.79 Å². The Kier molecular flexibility index (Phi) is 4.55. The van der Waals surface area contributed by atoms with E-state index in [9.17, 15) is 4.79 Å². The number of halogens is 1. The minimum atomic E-state index is -0.162. The molecule has 1 saturated heterocycles. The minimum Gasteiger partial charge on any atom is -0.377 e. The zero-order valence-corrected chi connectivity index (χ0v) is 15.2. The van der Waals surface area contributed by atoms with Crippen LogP contribution in [0.4, 0.5) is 5.95 Å². The lowest BCUT2D eigenvalue weighted by atomic mass is 10.1. The molecule has 7 nitrogen and oxygen atoms in total. The molecule has 9 heteroatoms. The van der Waals surface area contributed by atoms with Crippen LogP contribution < -0.4 is 10.9 Å². The van der Waals surface area contributed by atoms with Crippen molar-refractivity contribution in [3.8, 4) is 0 Å². The van der Waals surface area contributed by atoms with Gasteiger partial charge in [0.25, 0.3) is 5.56 Å². The summed E-state index contributed by atoms with van der Waals surface area (Å²) in [4.78, 5) is 20.9. The Balaban J connectivity index is 1.60. The van der Waals surface area contributed by atoms with Crippen molar-refractivity contribution in [1.29, 1.82) is 0 Å². The molecule has 4 heterocycles. The number of ether oxygens (including phenoxy) is 1. The Morgan fingerprint density at radius 2 is 2.17 bits per heavy atom. The highest BCUT2D eigenvalue weighted by atomic mass is 79.9. The van der Waals surface area contributed by atoms with Crippen LogP contribution in [0, 0.1) is 0 Å². The maximum absolute atomic E-state index is 12.5. The van der Waals surface area contributed by atoms with Crippen molar-refractivity contribution in [1.82, 2.24) is 19.7 Å². The van der Waals surface area contributed by atoms with Gasteiger partial charge in [-0.15, -0.1) is 0 Å². The van der Waals surface area contributed by atoms with E-state index in [0.29, 0.717) is 19.2 Å². The van der Waals surface area contributed by atoms with Crippen LogP contribution in [-0.2, 0) is 16.9 Å². The fraction of sp³-hybridized carbons (Fsp3) is 0.467. The molecule has 2 unspecified atom stereocenters. The Bertz CT molecular complexity index is 797. The molecule has 4 rings (SSSR count). The number of thioether (sulfide) groups is 1. The first kappa shape index (κ1) is 16.0. The zero-order valence-electron chi connectivity index (χ0n) is 12.8. The number of hydrogen-bond acceptors (Lipinski definition) is 7.